The molecule has 1 aliphatic heterocycles. The van der Waals surface area contributed by atoms with Gasteiger partial charge < -0.3 is 10.4 Å². The molecule has 2 aromatic rings. The third-order valence-corrected chi connectivity index (χ3v) is 4.64. The first-order chi connectivity index (χ1) is 11.0. The number of hydrogen-bond acceptors (Lipinski definition) is 4. The molecule has 0 unspecified atom stereocenters. The summed E-state index contributed by atoms with van der Waals surface area (Å²) in [6, 6.07) is 8.68. The SMILES string of the molecule is N#Cc1cnc2c(c1)[C@]1(Cc3ccc(C(=O)O)cc3C1)C(=O)N2. The van der Waals surface area contributed by atoms with Crippen molar-refractivity contribution in [3.05, 3.63) is 58.3 Å². The van der Waals surface area contributed by atoms with E-state index in [1.165, 1.54) is 6.20 Å². The van der Waals surface area contributed by atoms with Gasteiger partial charge in [-0.3, -0.25) is 4.79 Å². The smallest absolute Gasteiger partial charge is 0.335 e. The summed E-state index contributed by atoms with van der Waals surface area (Å²) in [7, 11) is 0. The molecular weight excluding hydrogens is 294 g/mol. The van der Waals surface area contributed by atoms with Crippen LogP contribution in [0.2, 0.25) is 0 Å². The van der Waals surface area contributed by atoms with Crippen molar-refractivity contribution in [2.45, 2.75) is 18.3 Å². The number of anilines is 1. The van der Waals surface area contributed by atoms with E-state index >= 15 is 0 Å². The van der Waals surface area contributed by atoms with E-state index in [1.807, 2.05) is 6.07 Å². The standard InChI is InChI=1S/C17H11N3O3/c18-7-9-3-13-14(19-8-9)20-16(23)17(13)5-11-2-1-10(15(21)22)4-12(11)6-17/h1-4,8H,5-6H2,(H,21,22)(H,19,20,23)/t17-/m1/s1. The van der Waals surface area contributed by atoms with Crippen molar-refractivity contribution < 1.29 is 14.7 Å². The van der Waals surface area contributed by atoms with Gasteiger partial charge in [0.25, 0.3) is 0 Å². The molecule has 1 aromatic heterocycles. The Bertz CT molecular complexity index is 929. The van der Waals surface area contributed by atoms with Crippen molar-refractivity contribution in [2.75, 3.05) is 5.32 Å². The fraction of sp³-hybridized carbons (Fsp3) is 0.176. The van der Waals surface area contributed by atoms with Crippen LogP contribution in [0.4, 0.5) is 5.82 Å². The number of pyridine rings is 1. The second kappa shape index (κ2) is 4.40. The highest BCUT2D eigenvalue weighted by atomic mass is 16.4. The molecule has 6 nitrogen and oxygen atoms in total. The van der Waals surface area contributed by atoms with Crippen LogP contribution >= 0.6 is 0 Å². The van der Waals surface area contributed by atoms with Gasteiger partial charge in [0.2, 0.25) is 5.91 Å². The van der Waals surface area contributed by atoms with Gasteiger partial charge in [0.15, 0.2) is 0 Å². The van der Waals surface area contributed by atoms with Crippen molar-refractivity contribution in [3.63, 3.8) is 0 Å². The first-order valence-electron chi connectivity index (χ1n) is 7.11. The predicted molar refractivity (Wildman–Crippen MR) is 80.1 cm³/mol. The maximum Gasteiger partial charge on any atom is 0.335 e. The van der Waals surface area contributed by atoms with Gasteiger partial charge in [0, 0.05) is 11.8 Å². The van der Waals surface area contributed by atoms with E-state index in [9.17, 15) is 9.59 Å². The quantitative estimate of drug-likeness (QED) is 0.833. The largest absolute Gasteiger partial charge is 0.478 e. The summed E-state index contributed by atoms with van der Waals surface area (Å²) in [5.74, 6) is -0.651. The zero-order chi connectivity index (χ0) is 16.2. The summed E-state index contributed by atoms with van der Waals surface area (Å²) < 4.78 is 0. The number of nitrogens with zero attached hydrogens (tertiary/aromatic N) is 2. The molecule has 1 amide bonds. The molecule has 0 bridgehead atoms. The maximum absolute atomic E-state index is 12.6. The summed E-state index contributed by atoms with van der Waals surface area (Å²) in [5.41, 5.74) is 2.35. The van der Waals surface area contributed by atoms with Crippen molar-refractivity contribution in [1.29, 1.82) is 5.26 Å². The lowest BCUT2D eigenvalue weighted by Gasteiger charge is -2.20. The van der Waals surface area contributed by atoms with Gasteiger partial charge in [0.1, 0.15) is 11.9 Å². The molecule has 2 heterocycles. The average Bonchev–Trinajstić information content (AvgIpc) is 3.05. The molecule has 0 saturated heterocycles. The minimum Gasteiger partial charge on any atom is -0.478 e. The lowest BCUT2D eigenvalue weighted by molar-refractivity contribution is -0.120. The third kappa shape index (κ3) is 1.77. The summed E-state index contributed by atoms with van der Waals surface area (Å²) in [6.07, 6.45) is 2.33. The van der Waals surface area contributed by atoms with Crippen LogP contribution in [0.5, 0.6) is 0 Å². The van der Waals surface area contributed by atoms with Gasteiger partial charge in [-0.25, -0.2) is 9.78 Å². The highest BCUT2D eigenvalue weighted by Crippen LogP contribution is 2.46. The fourth-order valence-electron chi connectivity index (χ4n) is 3.50. The van der Waals surface area contributed by atoms with Gasteiger partial charge >= 0.3 is 5.97 Å². The van der Waals surface area contributed by atoms with Crippen LogP contribution in [0.15, 0.2) is 30.5 Å². The lowest BCUT2D eigenvalue weighted by Crippen LogP contribution is -2.35. The Morgan fingerprint density at radius 1 is 1.30 bits per heavy atom. The number of aromatic carboxylic acids is 1. The number of carboxylic acid groups (broad SMARTS) is 1. The molecule has 0 fully saturated rings. The van der Waals surface area contributed by atoms with Gasteiger partial charge in [-0.05, 0) is 42.2 Å². The van der Waals surface area contributed by atoms with Gasteiger partial charge in [-0.2, -0.15) is 5.26 Å². The third-order valence-electron chi connectivity index (χ3n) is 4.64. The number of nitriles is 1. The zero-order valence-corrected chi connectivity index (χ0v) is 12.0. The summed E-state index contributed by atoms with van der Waals surface area (Å²) >= 11 is 0. The molecule has 4 rings (SSSR count). The second-order valence-corrected chi connectivity index (χ2v) is 5.91. The topological polar surface area (TPSA) is 103 Å². The van der Waals surface area contributed by atoms with E-state index in [-0.39, 0.29) is 11.5 Å². The Balaban J connectivity index is 1.84. The van der Waals surface area contributed by atoms with Crippen molar-refractivity contribution >= 4 is 17.7 Å². The van der Waals surface area contributed by atoms with Gasteiger partial charge in [-0.15, -0.1) is 0 Å². The summed E-state index contributed by atoms with van der Waals surface area (Å²) in [4.78, 5) is 27.9. The van der Waals surface area contributed by atoms with Gasteiger partial charge in [-0.1, -0.05) is 6.07 Å². The number of aromatic nitrogens is 1. The van der Waals surface area contributed by atoms with Crippen LogP contribution in [0.1, 0.15) is 32.6 Å². The number of carboxylic acids is 1. The molecule has 23 heavy (non-hydrogen) atoms. The predicted octanol–water partition coefficient (Wildman–Crippen LogP) is 1.64. The number of benzene rings is 1. The molecule has 112 valence electrons. The van der Waals surface area contributed by atoms with Crippen molar-refractivity contribution in [3.8, 4) is 6.07 Å². The first-order valence-corrected chi connectivity index (χ1v) is 7.11. The molecule has 2 N–H and O–H groups in total. The van der Waals surface area contributed by atoms with Crippen LogP contribution in [0.3, 0.4) is 0 Å². The van der Waals surface area contributed by atoms with E-state index < -0.39 is 11.4 Å². The Hall–Kier alpha value is -3.20. The fourth-order valence-corrected chi connectivity index (χ4v) is 3.50. The molecule has 0 saturated carbocycles. The van der Waals surface area contributed by atoms with Crippen LogP contribution < -0.4 is 5.32 Å². The summed E-state index contributed by atoms with van der Waals surface area (Å²) in [6.45, 7) is 0. The number of nitrogens with one attached hydrogen (secondary N) is 1. The zero-order valence-electron chi connectivity index (χ0n) is 12.0. The number of carbonyl (C=O) groups is 2. The molecular formula is C17H11N3O3. The summed E-state index contributed by atoms with van der Waals surface area (Å²) in [5, 5.41) is 21.0. The number of carbonyl (C=O) groups excluding carboxylic acids is 1. The number of hydrogen-bond donors (Lipinski definition) is 2. The van der Waals surface area contributed by atoms with Gasteiger partial charge in [0.05, 0.1) is 16.5 Å². The van der Waals surface area contributed by atoms with Crippen LogP contribution in [-0.4, -0.2) is 22.0 Å². The highest BCUT2D eigenvalue weighted by Gasteiger charge is 2.51. The Labute approximate surface area is 131 Å². The average molecular weight is 305 g/mol. The molecule has 2 aliphatic rings. The van der Waals surface area contributed by atoms with E-state index in [4.69, 9.17) is 10.4 Å². The Kier molecular flexibility index (Phi) is 2.57. The monoisotopic (exact) mass is 305 g/mol. The molecule has 1 aromatic carbocycles. The van der Waals surface area contributed by atoms with Crippen LogP contribution in [0.25, 0.3) is 0 Å². The minimum atomic E-state index is -0.988. The number of rotatable bonds is 1. The van der Waals surface area contributed by atoms with E-state index in [2.05, 4.69) is 10.3 Å². The molecule has 6 heteroatoms. The first kappa shape index (κ1) is 13.5. The van der Waals surface area contributed by atoms with Crippen LogP contribution in [0, 0.1) is 11.3 Å². The molecule has 1 aliphatic carbocycles. The van der Waals surface area contributed by atoms with E-state index in [0.717, 1.165) is 16.7 Å². The van der Waals surface area contributed by atoms with Crippen molar-refractivity contribution in [1.82, 2.24) is 4.98 Å². The lowest BCUT2D eigenvalue weighted by atomic mass is 9.79. The molecule has 0 radical (unpaired) electrons. The number of fused-ring (bicyclic) bond motifs is 3. The van der Waals surface area contributed by atoms with E-state index in [1.54, 1.807) is 24.3 Å². The Morgan fingerprint density at radius 2 is 2.09 bits per heavy atom. The second-order valence-electron chi connectivity index (χ2n) is 5.91. The minimum absolute atomic E-state index is 0.150. The van der Waals surface area contributed by atoms with Crippen molar-refractivity contribution in [2.24, 2.45) is 0 Å². The molecule has 1 atom stereocenters. The Morgan fingerprint density at radius 3 is 2.83 bits per heavy atom. The normalized spacial score (nSPS) is 20.7. The number of amides is 1. The maximum atomic E-state index is 12.6. The van der Waals surface area contributed by atoms with E-state index in [0.29, 0.717) is 24.2 Å². The van der Waals surface area contributed by atoms with Crippen LogP contribution in [-0.2, 0) is 23.1 Å². The molecule has 1 spiro atoms. The highest BCUT2D eigenvalue weighted by molar-refractivity contribution is 6.06.